The standard InChI is InChI=1S/C14H14Cl2N2O/c1-9(2)13-12(8-19)14(16)18(17-13)7-10-3-5-11(15)6-4-10/h3-6,8-9H,7H2,1-2H3. The number of nitrogens with zero attached hydrogens (tertiary/aromatic N) is 2. The van der Waals surface area contributed by atoms with Crippen molar-refractivity contribution in [2.75, 3.05) is 0 Å². The van der Waals surface area contributed by atoms with E-state index in [2.05, 4.69) is 5.10 Å². The molecule has 0 aliphatic rings. The molecule has 2 aromatic rings. The smallest absolute Gasteiger partial charge is 0.155 e. The van der Waals surface area contributed by atoms with Crippen LogP contribution < -0.4 is 0 Å². The van der Waals surface area contributed by atoms with Crippen molar-refractivity contribution in [2.24, 2.45) is 0 Å². The zero-order valence-electron chi connectivity index (χ0n) is 10.7. The van der Waals surface area contributed by atoms with Gasteiger partial charge in [0.2, 0.25) is 0 Å². The Hall–Kier alpha value is -1.32. The molecule has 3 nitrogen and oxygen atoms in total. The molecule has 0 atom stereocenters. The maximum Gasteiger partial charge on any atom is 0.155 e. The summed E-state index contributed by atoms with van der Waals surface area (Å²) in [4.78, 5) is 11.1. The molecule has 0 aliphatic carbocycles. The van der Waals surface area contributed by atoms with Gasteiger partial charge in [-0.25, -0.2) is 4.68 Å². The molecule has 100 valence electrons. The van der Waals surface area contributed by atoms with Crippen molar-refractivity contribution in [3.05, 3.63) is 51.3 Å². The molecule has 1 heterocycles. The summed E-state index contributed by atoms with van der Waals surface area (Å²) >= 11 is 12.0. The number of aromatic nitrogens is 2. The lowest BCUT2D eigenvalue weighted by Crippen LogP contribution is -2.02. The van der Waals surface area contributed by atoms with Crippen LogP contribution >= 0.6 is 23.2 Å². The fourth-order valence-electron chi connectivity index (χ4n) is 1.88. The molecule has 2 rings (SSSR count). The molecule has 0 N–H and O–H groups in total. The highest BCUT2D eigenvalue weighted by Gasteiger charge is 2.18. The minimum Gasteiger partial charge on any atom is -0.298 e. The number of aldehydes is 1. The number of rotatable bonds is 4. The Kier molecular flexibility index (Phi) is 4.27. The Bertz CT molecular complexity index is 588. The first-order chi connectivity index (χ1) is 9.02. The highest BCUT2D eigenvalue weighted by atomic mass is 35.5. The lowest BCUT2D eigenvalue weighted by molar-refractivity contribution is 0.112. The summed E-state index contributed by atoms with van der Waals surface area (Å²) in [5, 5.41) is 5.49. The lowest BCUT2D eigenvalue weighted by atomic mass is 10.1. The number of hydrogen-bond acceptors (Lipinski definition) is 2. The van der Waals surface area contributed by atoms with Gasteiger partial charge in [-0.05, 0) is 23.6 Å². The van der Waals surface area contributed by atoms with Crippen LogP contribution in [0.15, 0.2) is 24.3 Å². The van der Waals surface area contributed by atoms with E-state index < -0.39 is 0 Å². The maximum absolute atomic E-state index is 11.1. The zero-order valence-corrected chi connectivity index (χ0v) is 12.2. The highest BCUT2D eigenvalue weighted by molar-refractivity contribution is 6.32. The molecule has 19 heavy (non-hydrogen) atoms. The molecule has 0 radical (unpaired) electrons. The second kappa shape index (κ2) is 5.76. The van der Waals surface area contributed by atoms with Crippen LogP contribution in [-0.2, 0) is 6.54 Å². The molecule has 0 aliphatic heterocycles. The third-order valence-corrected chi connectivity index (χ3v) is 3.51. The molecular weight excluding hydrogens is 283 g/mol. The third-order valence-electron chi connectivity index (χ3n) is 2.86. The Morgan fingerprint density at radius 2 is 1.89 bits per heavy atom. The molecule has 0 saturated carbocycles. The molecule has 0 amide bonds. The van der Waals surface area contributed by atoms with Gasteiger partial charge in [0.05, 0.1) is 17.8 Å². The van der Waals surface area contributed by atoms with Gasteiger partial charge in [0.25, 0.3) is 0 Å². The summed E-state index contributed by atoms with van der Waals surface area (Å²) in [6, 6.07) is 7.46. The SMILES string of the molecule is CC(C)c1nn(Cc2ccc(Cl)cc2)c(Cl)c1C=O. The van der Waals surface area contributed by atoms with Crippen LogP contribution in [-0.4, -0.2) is 16.1 Å². The number of benzene rings is 1. The molecule has 0 unspecified atom stereocenters. The summed E-state index contributed by atoms with van der Waals surface area (Å²) in [5.41, 5.74) is 2.24. The minimum atomic E-state index is 0.157. The van der Waals surface area contributed by atoms with E-state index in [4.69, 9.17) is 23.2 Å². The highest BCUT2D eigenvalue weighted by Crippen LogP contribution is 2.25. The van der Waals surface area contributed by atoms with Gasteiger partial charge >= 0.3 is 0 Å². The van der Waals surface area contributed by atoms with Gasteiger partial charge in [-0.2, -0.15) is 5.10 Å². The van der Waals surface area contributed by atoms with E-state index in [1.165, 1.54) is 0 Å². The van der Waals surface area contributed by atoms with Gasteiger partial charge in [0.1, 0.15) is 5.15 Å². The van der Waals surface area contributed by atoms with Crippen LogP contribution in [0.2, 0.25) is 10.2 Å². The van der Waals surface area contributed by atoms with Crippen LogP contribution in [0.3, 0.4) is 0 Å². The summed E-state index contributed by atoms with van der Waals surface area (Å²) in [5.74, 6) is 0.157. The second-order valence-electron chi connectivity index (χ2n) is 4.65. The Morgan fingerprint density at radius 3 is 2.37 bits per heavy atom. The van der Waals surface area contributed by atoms with E-state index in [0.29, 0.717) is 22.3 Å². The number of carbonyl (C=O) groups excluding carboxylic acids is 1. The molecule has 0 saturated heterocycles. The monoisotopic (exact) mass is 296 g/mol. The summed E-state index contributed by atoms with van der Waals surface area (Å²) < 4.78 is 1.64. The van der Waals surface area contributed by atoms with E-state index >= 15 is 0 Å². The average molecular weight is 297 g/mol. The van der Waals surface area contributed by atoms with E-state index in [1.807, 2.05) is 38.1 Å². The molecular formula is C14H14Cl2N2O. The van der Waals surface area contributed by atoms with Crippen LogP contribution in [0, 0.1) is 0 Å². The minimum absolute atomic E-state index is 0.157. The number of hydrogen-bond donors (Lipinski definition) is 0. The molecule has 0 fully saturated rings. The summed E-state index contributed by atoms with van der Waals surface area (Å²) in [6.07, 6.45) is 0.767. The van der Waals surface area contributed by atoms with Crippen molar-refractivity contribution in [2.45, 2.75) is 26.3 Å². The Balaban J connectivity index is 2.35. The van der Waals surface area contributed by atoms with Crippen molar-refractivity contribution < 1.29 is 4.79 Å². The van der Waals surface area contributed by atoms with Crippen LogP contribution in [0.1, 0.15) is 41.4 Å². The third kappa shape index (κ3) is 2.99. The van der Waals surface area contributed by atoms with E-state index in [-0.39, 0.29) is 5.92 Å². The summed E-state index contributed by atoms with van der Waals surface area (Å²) in [7, 11) is 0. The average Bonchev–Trinajstić information content (AvgIpc) is 2.69. The quantitative estimate of drug-likeness (QED) is 0.794. The maximum atomic E-state index is 11.1. The van der Waals surface area contributed by atoms with Crippen molar-refractivity contribution >= 4 is 29.5 Å². The first-order valence-electron chi connectivity index (χ1n) is 5.98. The fraction of sp³-hybridized carbons (Fsp3) is 0.286. The van der Waals surface area contributed by atoms with Gasteiger partial charge < -0.3 is 0 Å². The van der Waals surface area contributed by atoms with Crippen LogP contribution in [0.4, 0.5) is 0 Å². The van der Waals surface area contributed by atoms with Crippen LogP contribution in [0.5, 0.6) is 0 Å². The first-order valence-corrected chi connectivity index (χ1v) is 6.74. The van der Waals surface area contributed by atoms with E-state index in [1.54, 1.807) is 4.68 Å². The molecule has 1 aromatic carbocycles. The number of carbonyl (C=O) groups is 1. The van der Waals surface area contributed by atoms with Crippen LogP contribution in [0.25, 0.3) is 0 Å². The normalized spacial score (nSPS) is 11.0. The molecule has 1 aromatic heterocycles. The predicted octanol–water partition coefficient (Wildman–Crippen LogP) is 4.17. The van der Waals surface area contributed by atoms with Gasteiger partial charge in [0.15, 0.2) is 6.29 Å². The van der Waals surface area contributed by atoms with Crippen molar-refractivity contribution in [1.29, 1.82) is 0 Å². The van der Waals surface area contributed by atoms with Gasteiger partial charge in [-0.15, -0.1) is 0 Å². The fourth-order valence-corrected chi connectivity index (χ4v) is 2.24. The van der Waals surface area contributed by atoms with Crippen molar-refractivity contribution in [3.8, 4) is 0 Å². The van der Waals surface area contributed by atoms with E-state index in [0.717, 1.165) is 17.5 Å². The molecule has 0 bridgehead atoms. The largest absolute Gasteiger partial charge is 0.298 e. The molecule has 5 heteroatoms. The van der Waals surface area contributed by atoms with E-state index in [9.17, 15) is 4.79 Å². The number of halogens is 2. The Morgan fingerprint density at radius 1 is 1.26 bits per heavy atom. The lowest BCUT2D eigenvalue weighted by Gasteiger charge is -2.04. The predicted molar refractivity (Wildman–Crippen MR) is 77.3 cm³/mol. The van der Waals surface area contributed by atoms with Gasteiger partial charge in [-0.3, -0.25) is 4.79 Å². The van der Waals surface area contributed by atoms with Crippen molar-refractivity contribution in [3.63, 3.8) is 0 Å². The van der Waals surface area contributed by atoms with Crippen molar-refractivity contribution in [1.82, 2.24) is 9.78 Å². The first kappa shape index (κ1) is 14.1. The second-order valence-corrected chi connectivity index (χ2v) is 5.44. The molecule has 0 spiro atoms. The van der Waals surface area contributed by atoms with Gasteiger partial charge in [0, 0.05) is 5.02 Å². The van der Waals surface area contributed by atoms with Gasteiger partial charge in [-0.1, -0.05) is 49.2 Å². The summed E-state index contributed by atoms with van der Waals surface area (Å²) in [6.45, 7) is 4.49. The topological polar surface area (TPSA) is 34.9 Å². The zero-order chi connectivity index (χ0) is 14.0. The Labute approximate surface area is 122 Å².